The number of aromatic nitrogens is 2. The van der Waals surface area contributed by atoms with Crippen LogP contribution in [0, 0.1) is 0 Å². The molecule has 0 atom stereocenters. The third-order valence-electron chi connectivity index (χ3n) is 5.05. The number of aryl methyl sites for hydroxylation is 1. The topological polar surface area (TPSA) is 64.0 Å². The maximum absolute atomic E-state index is 12.9. The summed E-state index contributed by atoms with van der Waals surface area (Å²) < 4.78 is 40.0. The molecule has 0 radical (unpaired) electrons. The van der Waals surface area contributed by atoms with Crippen LogP contribution < -0.4 is 10.9 Å². The van der Waals surface area contributed by atoms with Crippen molar-refractivity contribution in [3.8, 4) is 11.1 Å². The van der Waals surface area contributed by atoms with Gasteiger partial charge >= 0.3 is 6.18 Å². The smallest absolute Gasteiger partial charge is 0.326 e. The Labute approximate surface area is 181 Å². The molecule has 0 aliphatic rings. The van der Waals surface area contributed by atoms with Crippen LogP contribution in [0.1, 0.15) is 11.3 Å². The quantitative estimate of drug-likeness (QED) is 0.499. The number of benzene rings is 3. The number of halogens is 3. The molecule has 1 aromatic heterocycles. The Bertz CT molecular complexity index is 1360. The number of anilines is 1. The first-order valence-corrected chi connectivity index (χ1v) is 9.75. The SMILES string of the molecule is Cn1nc(CC(=O)Nc2ccc(-c3cccc(C(F)(F)F)c3)cc2)c2ccccc2c1=O. The first-order chi connectivity index (χ1) is 15.2. The van der Waals surface area contributed by atoms with Crippen LogP contribution in [0.5, 0.6) is 0 Å². The third-order valence-corrected chi connectivity index (χ3v) is 5.05. The standard InChI is InChI=1S/C24H18F3N3O2/c1-30-23(32)20-8-3-2-7-19(20)21(29-30)14-22(31)28-18-11-9-15(10-12-18)16-5-4-6-17(13-16)24(25,26)27/h2-13H,14H2,1H3,(H,28,31). The van der Waals surface area contributed by atoms with Gasteiger partial charge in [0.2, 0.25) is 5.91 Å². The first kappa shape index (κ1) is 21.3. The minimum atomic E-state index is -4.41. The minimum absolute atomic E-state index is 0.0377. The molecule has 162 valence electrons. The lowest BCUT2D eigenvalue weighted by Crippen LogP contribution is -2.24. The molecule has 0 unspecified atom stereocenters. The zero-order valence-electron chi connectivity index (χ0n) is 17.0. The molecule has 4 aromatic rings. The minimum Gasteiger partial charge on any atom is -0.326 e. The normalized spacial score (nSPS) is 11.5. The first-order valence-electron chi connectivity index (χ1n) is 9.75. The fraction of sp³-hybridized carbons (Fsp3) is 0.125. The van der Waals surface area contributed by atoms with Gasteiger partial charge in [-0.15, -0.1) is 0 Å². The van der Waals surface area contributed by atoms with Gasteiger partial charge in [-0.2, -0.15) is 18.3 Å². The fourth-order valence-electron chi connectivity index (χ4n) is 3.48. The van der Waals surface area contributed by atoms with Gasteiger partial charge in [-0.05, 0) is 41.5 Å². The highest BCUT2D eigenvalue weighted by atomic mass is 19.4. The maximum Gasteiger partial charge on any atom is 0.416 e. The van der Waals surface area contributed by atoms with E-state index in [9.17, 15) is 22.8 Å². The number of hydrogen-bond donors (Lipinski definition) is 1. The zero-order valence-corrected chi connectivity index (χ0v) is 17.0. The van der Waals surface area contributed by atoms with Gasteiger partial charge in [-0.1, -0.05) is 42.5 Å². The van der Waals surface area contributed by atoms with Crippen molar-refractivity contribution >= 4 is 22.4 Å². The molecule has 4 rings (SSSR count). The molecule has 1 amide bonds. The van der Waals surface area contributed by atoms with E-state index in [0.717, 1.165) is 12.1 Å². The fourth-order valence-corrected chi connectivity index (χ4v) is 3.48. The van der Waals surface area contributed by atoms with Gasteiger partial charge in [0.25, 0.3) is 5.56 Å². The highest BCUT2D eigenvalue weighted by Crippen LogP contribution is 2.32. The van der Waals surface area contributed by atoms with Crippen LogP contribution in [0.4, 0.5) is 18.9 Å². The summed E-state index contributed by atoms with van der Waals surface area (Å²) in [5, 5.41) is 8.07. The monoisotopic (exact) mass is 437 g/mol. The number of alkyl halides is 3. The molecular weight excluding hydrogens is 419 g/mol. The van der Waals surface area contributed by atoms with Crippen LogP contribution in [-0.2, 0) is 24.4 Å². The van der Waals surface area contributed by atoms with Gasteiger partial charge in [0.1, 0.15) is 0 Å². The van der Waals surface area contributed by atoms with Crippen molar-refractivity contribution in [2.24, 2.45) is 7.05 Å². The number of nitrogens with zero attached hydrogens (tertiary/aromatic N) is 2. The van der Waals surface area contributed by atoms with E-state index in [1.807, 2.05) is 0 Å². The second-order valence-corrected chi connectivity index (χ2v) is 7.30. The molecule has 1 N–H and O–H groups in total. The van der Waals surface area contributed by atoms with E-state index in [-0.39, 0.29) is 17.9 Å². The summed E-state index contributed by atoms with van der Waals surface area (Å²) in [6.45, 7) is 0. The van der Waals surface area contributed by atoms with Crippen molar-refractivity contribution in [2.45, 2.75) is 12.6 Å². The summed E-state index contributed by atoms with van der Waals surface area (Å²) in [5.74, 6) is -0.326. The molecular formula is C24H18F3N3O2. The average Bonchev–Trinajstić information content (AvgIpc) is 2.77. The Morgan fingerprint density at radius 2 is 1.62 bits per heavy atom. The number of carbonyl (C=O) groups excluding carboxylic acids is 1. The van der Waals surface area contributed by atoms with Gasteiger partial charge in [0.05, 0.1) is 23.1 Å². The van der Waals surface area contributed by atoms with Crippen molar-refractivity contribution in [1.82, 2.24) is 9.78 Å². The van der Waals surface area contributed by atoms with Crippen molar-refractivity contribution < 1.29 is 18.0 Å². The Balaban J connectivity index is 1.52. The van der Waals surface area contributed by atoms with Crippen LogP contribution >= 0.6 is 0 Å². The van der Waals surface area contributed by atoms with Gasteiger partial charge < -0.3 is 5.32 Å². The Morgan fingerprint density at radius 3 is 2.31 bits per heavy atom. The second kappa shape index (κ2) is 8.30. The van der Waals surface area contributed by atoms with Gasteiger partial charge in [0, 0.05) is 18.1 Å². The highest BCUT2D eigenvalue weighted by molar-refractivity contribution is 5.95. The molecule has 5 nitrogen and oxygen atoms in total. The van der Waals surface area contributed by atoms with Crippen LogP contribution in [0.3, 0.4) is 0 Å². The predicted octanol–water partition coefficient (Wildman–Crippen LogP) is 4.80. The van der Waals surface area contributed by atoms with E-state index in [2.05, 4.69) is 10.4 Å². The van der Waals surface area contributed by atoms with Crippen LogP contribution in [0.25, 0.3) is 21.9 Å². The molecule has 1 heterocycles. The molecule has 0 saturated heterocycles. The summed E-state index contributed by atoms with van der Waals surface area (Å²) in [5.41, 5.74) is 1.04. The molecule has 8 heteroatoms. The summed E-state index contributed by atoms with van der Waals surface area (Å²) >= 11 is 0. The van der Waals surface area contributed by atoms with E-state index >= 15 is 0 Å². The average molecular weight is 437 g/mol. The molecule has 32 heavy (non-hydrogen) atoms. The van der Waals surface area contributed by atoms with Crippen molar-refractivity contribution in [1.29, 1.82) is 0 Å². The van der Waals surface area contributed by atoms with Gasteiger partial charge in [-0.3, -0.25) is 9.59 Å². The third kappa shape index (κ3) is 4.39. The van der Waals surface area contributed by atoms with Crippen molar-refractivity contribution in [3.63, 3.8) is 0 Å². The number of hydrogen-bond acceptors (Lipinski definition) is 3. The van der Waals surface area contributed by atoms with E-state index in [1.54, 1.807) is 54.6 Å². The number of nitrogens with one attached hydrogen (secondary N) is 1. The second-order valence-electron chi connectivity index (χ2n) is 7.30. The molecule has 0 aliphatic heterocycles. The molecule has 0 bridgehead atoms. The maximum atomic E-state index is 12.9. The molecule has 0 aliphatic carbocycles. The van der Waals surface area contributed by atoms with Gasteiger partial charge in [-0.25, -0.2) is 4.68 Å². The molecule has 0 spiro atoms. The van der Waals surface area contributed by atoms with E-state index in [4.69, 9.17) is 0 Å². The molecule has 3 aromatic carbocycles. The Hall–Kier alpha value is -3.94. The Kier molecular flexibility index (Phi) is 5.52. The number of fused-ring (bicyclic) bond motifs is 1. The summed E-state index contributed by atoms with van der Waals surface area (Å²) in [4.78, 5) is 24.8. The van der Waals surface area contributed by atoms with Crippen molar-refractivity contribution in [3.05, 3.63) is 94.4 Å². The van der Waals surface area contributed by atoms with Crippen LogP contribution in [-0.4, -0.2) is 15.7 Å². The number of rotatable bonds is 4. The van der Waals surface area contributed by atoms with Crippen LogP contribution in [0.2, 0.25) is 0 Å². The summed E-state index contributed by atoms with van der Waals surface area (Å²) in [6.07, 6.45) is -4.45. The predicted molar refractivity (Wildman–Crippen MR) is 116 cm³/mol. The van der Waals surface area contributed by atoms with Crippen molar-refractivity contribution in [2.75, 3.05) is 5.32 Å². The van der Waals surface area contributed by atoms with E-state index in [1.165, 1.54) is 17.8 Å². The van der Waals surface area contributed by atoms with E-state index < -0.39 is 11.7 Å². The largest absolute Gasteiger partial charge is 0.416 e. The summed E-state index contributed by atoms with van der Waals surface area (Å²) in [7, 11) is 1.53. The highest BCUT2D eigenvalue weighted by Gasteiger charge is 2.30. The number of amides is 1. The lowest BCUT2D eigenvalue weighted by atomic mass is 10.0. The number of carbonyl (C=O) groups is 1. The Morgan fingerprint density at radius 1 is 0.938 bits per heavy atom. The molecule has 0 fully saturated rings. The summed E-state index contributed by atoms with van der Waals surface area (Å²) in [6, 6.07) is 18.6. The van der Waals surface area contributed by atoms with Gasteiger partial charge in [0.15, 0.2) is 0 Å². The zero-order chi connectivity index (χ0) is 22.9. The van der Waals surface area contributed by atoms with Crippen LogP contribution in [0.15, 0.2) is 77.6 Å². The molecule has 0 saturated carbocycles. The van der Waals surface area contributed by atoms with E-state index in [0.29, 0.717) is 33.3 Å². The lowest BCUT2D eigenvalue weighted by molar-refractivity contribution is -0.137. The lowest BCUT2D eigenvalue weighted by Gasteiger charge is -2.11.